The van der Waals surface area contributed by atoms with Crippen molar-refractivity contribution in [3.05, 3.63) is 18.3 Å². The molecule has 0 aromatic carbocycles. The zero-order chi connectivity index (χ0) is 12.0. The molecule has 0 aliphatic rings. The quantitative estimate of drug-likeness (QED) is 0.775. The molecule has 1 rings (SSSR count). The number of anilines is 1. The number of aromatic nitrogens is 1. The van der Waals surface area contributed by atoms with Crippen molar-refractivity contribution in [1.82, 2.24) is 4.98 Å². The van der Waals surface area contributed by atoms with Gasteiger partial charge < -0.3 is 15.2 Å². The number of ether oxygens (including phenoxy) is 1. The molecule has 16 heavy (non-hydrogen) atoms. The Morgan fingerprint density at radius 3 is 2.81 bits per heavy atom. The smallest absolute Gasteiger partial charge is 0.214 e. The van der Waals surface area contributed by atoms with Crippen molar-refractivity contribution in [2.75, 3.05) is 19.0 Å². The number of rotatable bonds is 6. The van der Waals surface area contributed by atoms with Gasteiger partial charge in [0.15, 0.2) is 0 Å². The standard InChI is InChI=1S/C12H20N2O2/c1-9(2)11(5-7-15)14-10-4-6-13-12(8-10)16-3/h4,6,8-9,11,15H,5,7H2,1-3H3,(H,13,14). The molecule has 0 aliphatic heterocycles. The van der Waals surface area contributed by atoms with Crippen molar-refractivity contribution in [3.63, 3.8) is 0 Å². The highest BCUT2D eigenvalue weighted by Crippen LogP contribution is 2.18. The molecular weight excluding hydrogens is 204 g/mol. The van der Waals surface area contributed by atoms with E-state index in [0.717, 1.165) is 12.1 Å². The maximum atomic E-state index is 8.99. The number of hydrogen-bond donors (Lipinski definition) is 2. The molecule has 1 heterocycles. The molecule has 0 saturated heterocycles. The Morgan fingerprint density at radius 1 is 1.50 bits per heavy atom. The summed E-state index contributed by atoms with van der Waals surface area (Å²) in [6.07, 6.45) is 2.44. The van der Waals surface area contributed by atoms with Gasteiger partial charge in [-0.3, -0.25) is 0 Å². The molecule has 4 heteroatoms. The van der Waals surface area contributed by atoms with Crippen LogP contribution in [0, 0.1) is 5.92 Å². The van der Waals surface area contributed by atoms with E-state index in [2.05, 4.69) is 24.1 Å². The first-order chi connectivity index (χ1) is 7.67. The van der Waals surface area contributed by atoms with Crippen molar-refractivity contribution in [3.8, 4) is 5.88 Å². The third-order valence-corrected chi connectivity index (χ3v) is 2.54. The fourth-order valence-electron chi connectivity index (χ4n) is 1.54. The van der Waals surface area contributed by atoms with Gasteiger partial charge in [-0.2, -0.15) is 0 Å². The van der Waals surface area contributed by atoms with E-state index in [1.54, 1.807) is 13.3 Å². The first-order valence-corrected chi connectivity index (χ1v) is 5.54. The van der Waals surface area contributed by atoms with Crippen LogP contribution in [0.1, 0.15) is 20.3 Å². The molecule has 0 spiro atoms. The van der Waals surface area contributed by atoms with Gasteiger partial charge >= 0.3 is 0 Å². The Kier molecular flexibility index (Phi) is 5.05. The van der Waals surface area contributed by atoms with Gasteiger partial charge in [-0.15, -0.1) is 0 Å². The Bertz CT molecular complexity index is 316. The lowest BCUT2D eigenvalue weighted by Crippen LogP contribution is -2.26. The first-order valence-electron chi connectivity index (χ1n) is 5.54. The van der Waals surface area contributed by atoms with Gasteiger partial charge in [0.1, 0.15) is 0 Å². The minimum absolute atomic E-state index is 0.193. The fourth-order valence-corrected chi connectivity index (χ4v) is 1.54. The molecule has 1 aromatic rings. The van der Waals surface area contributed by atoms with E-state index in [4.69, 9.17) is 9.84 Å². The Labute approximate surface area is 96.7 Å². The highest BCUT2D eigenvalue weighted by atomic mass is 16.5. The van der Waals surface area contributed by atoms with Gasteiger partial charge in [0, 0.05) is 30.6 Å². The number of aliphatic hydroxyl groups excluding tert-OH is 1. The monoisotopic (exact) mass is 224 g/mol. The SMILES string of the molecule is COc1cc(NC(CCO)C(C)C)ccn1. The van der Waals surface area contributed by atoms with Crippen LogP contribution in [0.2, 0.25) is 0 Å². The van der Waals surface area contributed by atoms with Crippen molar-refractivity contribution in [2.45, 2.75) is 26.3 Å². The van der Waals surface area contributed by atoms with E-state index < -0.39 is 0 Å². The third kappa shape index (κ3) is 3.70. The lowest BCUT2D eigenvalue weighted by atomic mass is 10.0. The predicted octanol–water partition coefficient (Wildman–Crippen LogP) is 1.91. The predicted molar refractivity (Wildman–Crippen MR) is 64.7 cm³/mol. The molecule has 0 fully saturated rings. The molecule has 2 N–H and O–H groups in total. The number of nitrogens with one attached hydrogen (secondary N) is 1. The average molecular weight is 224 g/mol. The van der Waals surface area contributed by atoms with Gasteiger partial charge in [0.2, 0.25) is 5.88 Å². The van der Waals surface area contributed by atoms with Crippen LogP contribution < -0.4 is 10.1 Å². The summed E-state index contributed by atoms with van der Waals surface area (Å²) in [7, 11) is 1.60. The summed E-state index contributed by atoms with van der Waals surface area (Å²) in [5.41, 5.74) is 0.971. The largest absolute Gasteiger partial charge is 0.481 e. The van der Waals surface area contributed by atoms with Crippen molar-refractivity contribution in [1.29, 1.82) is 0 Å². The summed E-state index contributed by atoms with van der Waals surface area (Å²) in [6, 6.07) is 4.01. The second kappa shape index (κ2) is 6.33. The Morgan fingerprint density at radius 2 is 2.25 bits per heavy atom. The molecule has 4 nitrogen and oxygen atoms in total. The minimum Gasteiger partial charge on any atom is -0.481 e. The molecular formula is C12H20N2O2. The number of pyridine rings is 1. The van der Waals surface area contributed by atoms with E-state index in [1.807, 2.05) is 12.1 Å². The Hall–Kier alpha value is -1.29. The van der Waals surface area contributed by atoms with Gasteiger partial charge in [0.05, 0.1) is 7.11 Å². The van der Waals surface area contributed by atoms with Crippen LogP contribution in [0.25, 0.3) is 0 Å². The number of nitrogens with zero attached hydrogens (tertiary/aromatic N) is 1. The fraction of sp³-hybridized carbons (Fsp3) is 0.583. The van der Waals surface area contributed by atoms with Crippen LogP contribution in [-0.2, 0) is 0 Å². The first kappa shape index (κ1) is 12.8. The lowest BCUT2D eigenvalue weighted by Gasteiger charge is -2.22. The minimum atomic E-state index is 0.193. The van der Waals surface area contributed by atoms with Crippen LogP contribution in [0.15, 0.2) is 18.3 Å². The number of hydrogen-bond acceptors (Lipinski definition) is 4. The van der Waals surface area contributed by atoms with Gasteiger partial charge in [-0.1, -0.05) is 13.8 Å². The summed E-state index contributed by atoms with van der Waals surface area (Å²) < 4.78 is 5.06. The molecule has 1 unspecified atom stereocenters. The summed E-state index contributed by atoms with van der Waals surface area (Å²) in [6.45, 7) is 4.45. The van der Waals surface area contributed by atoms with Gasteiger partial charge in [-0.25, -0.2) is 4.98 Å². The number of methoxy groups -OCH3 is 1. The molecule has 0 aliphatic carbocycles. The highest BCUT2D eigenvalue weighted by molar-refractivity contribution is 5.45. The van der Waals surface area contributed by atoms with E-state index in [1.165, 1.54) is 0 Å². The highest BCUT2D eigenvalue weighted by Gasteiger charge is 2.12. The summed E-state index contributed by atoms with van der Waals surface area (Å²) in [4.78, 5) is 4.04. The van der Waals surface area contributed by atoms with E-state index in [9.17, 15) is 0 Å². The van der Waals surface area contributed by atoms with E-state index in [0.29, 0.717) is 11.8 Å². The summed E-state index contributed by atoms with van der Waals surface area (Å²) in [5, 5.41) is 12.4. The maximum Gasteiger partial charge on any atom is 0.214 e. The molecule has 0 amide bonds. The zero-order valence-electron chi connectivity index (χ0n) is 10.1. The van der Waals surface area contributed by atoms with Crippen molar-refractivity contribution < 1.29 is 9.84 Å². The van der Waals surface area contributed by atoms with Crippen molar-refractivity contribution >= 4 is 5.69 Å². The zero-order valence-corrected chi connectivity index (χ0v) is 10.1. The van der Waals surface area contributed by atoms with Crippen LogP contribution in [0.3, 0.4) is 0 Å². The summed E-state index contributed by atoms with van der Waals surface area (Å²) >= 11 is 0. The molecule has 0 saturated carbocycles. The lowest BCUT2D eigenvalue weighted by molar-refractivity contribution is 0.267. The maximum absolute atomic E-state index is 8.99. The summed E-state index contributed by atoms with van der Waals surface area (Å²) in [5.74, 6) is 1.06. The van der Waals surface area contributed by atoms with Gasteiger partial charge in [0.25, 0.3) is 0 Å². The normalized spacial score (nSPS) is 12.6. The molecule has 1 aromatic heterocycles. The second-order valence-corrected chi connectivity index (χ2v) is 4.09. The van der Waals surface area contributed by atoms with Crippen LogP contribution in [0.5, 0.6) is 5.88 Å². The van der Waals surface area contributed by atoms with Crippen LogP contribution in [-0.4, -0.2) is 29.8 Å². The van der Waals surface area contributed by atoms with Crippen LogP contribution in [0.4, 0.5) is 5.69 Å². The van der Waals surface area contributed by atoms with Crippen LogP contribution >= 0.6 is 0 Å². The van der Waals surface area contributed by atoms with E-state index in [-0.39, 0.29) is 12.6 Å². The molecule has 90 valence electrons. The molecule has 0 bridgehead atoms. The molecule has 0 radical (unpaired) electrons. The average Bonchev–Trinajstić information content (AvgIpc) is 2.28. The second-order valence-electron chi connectivity index (χ2n) is 4.09. The Balaban J connectivity index is 2.68. The van der Waals surface area contributed by atoms with Crippen molar-refractivity contribution in [2.24, 2.45) is 5.92 Å². The topological polar surface area (TPSA) is 54.4 Å². The van der Waals surface area contributed by atoms with E-state index >= 15 is 0 Å². The van der Waals surface area contributed by atoms with Gasteiger partial charge in [-0.05, 0) is 18.4 Å². The number of aliphatic hydroxyl groups is 1. The molecule has 1 atom stereocenters. The third-order valence-electron chi connectivity index (χ3n) is 2.54.